The van der Waals surface area contributed by atoms with Crippen molar-refractivity contribution in [2.75, 3.05) is 39.2 Å². The number of hydrogen-bond acceptors (Lipinski definition) is 9. The van der Waals surface area contributed by atoms with E-state index in [9.17, 15) is 31.5 Å². The topological polar surface area (TPSA) is 144 Å². The van der Waals surface area contributed by atoms with Crippen molar-refractivity contribution in [3.8, 4) is 17.2 Å². The van der Waals surface area contributed by atoms with Gasteiger partial charge in [-0.25, -0.2) is 13.4 Å². The van der Waals surface area contributed by atoms with Crippen LogP contribution < -0.4 is 23.8 Å². The average molecular weight is 745 g/mol. The van der Waals surface area contributed by atoms with Gasteiger partial charge >= 0.3 is 12.3 Å². The van der Waals surface area contributed by atoms with Crippen molar-refractivity contribution in [1.82, 2.24) is 10.3 Å². The Kier molecular flexibility index (Phi) is 8.75. The minimum absolute atomic E-state index is 0.00153. The highest BCUT2D eigenvalue weighted by molar-refractivity contribution is 9.10. The van der Waals surface area contributed by atoms with Gasteiger partial charge < -0.3 is 24.6 Å². The Labute approximate surface area is 276 Å². The fourth-order valence-electron chi connectivity index (χ4n) is 6.74. The van der Waals surface area contributed by atoms with Crippen LogP contribution in [0.25, 0.3) is 0 Å². The standard InChI is InChI=1S/C30H30BrF3N4O8S/c1-16-6-8-23(45-5)20(10-16)29(38(3)15-18(39)12-22(38)27(40)35-2)21-11-17(31)14-36-26(21)37(28(29)41)47(42,43)25-9-7-19(44-4)13-24(25)46-30(32,33)34/h6-11,13-14,18,22,39H,12,15H2,1-5H3/p+1/t18-,22+,29?,38?/m1/s1. The second kappa shape index (κ2) is 11.9. The summed E-state index contributed by atoms with van der Waals surface area (Å²) in [6.45, 7) is 1.53. The fourth-order valence-corrected chi connectivity index (χ4v) is 8.59. The van der Waals surface area contributed by atoms with Crippen LogP contribution in [0.15, 0.2) is 58.0 Å². The molecule has 17 heteroatoms. The summed E-state index contributed by atoms with van der Waals surface area (Å²) in [5.74, 6) is -3.27. The van der Waals surface area contributed by atoms with E-state index in [1.165, 1.54) is 33.5 Å². The van der Waals surface area contributed by atoms with Crippen molar-refractivity contribution < 1.29 is 55.0 Å². The van der Waals surface area contributed by atoms with Gasteiger partial charge in [-0.3, -0.25) is 14.1 Å². The third-order valence-electron chi connectivity index (χ3n) is 8.64. The molecule has 2 unspecified atom stereocenters. The Balaban J connectivity index is 1.91. The molecule has 12 nitrogen and oxygen atoms in total. The van der Waals surface area contributed by atoms with Crippen LogP contribution in [0.1, 0.15) is 23.1 Å². The van der Waals surface area contributed by atoms with Gasteiger partial charge in [0.05, 0.1) is 32.4 Å². The summed E-state index contributed by atoms with van der Waals surface area (Å²) in [6, 6.07) is 7.92. The quantitative estimate of drug-likeness (QED) is 0.332. The van der Waals surface area contributed by atoms with Crippen LogP contribution >= 0.6 is 15.9 Å². The Morgan fingerprint density at radius 2 is 1.83 bits per heavy atom. The summed E-state index contributed by atoms with van der Waals surface area (Å²) < 4.78 is 84.8. The molecule has 2 N–H and O–H groups in total. The molecule has 0 saturated carbocycles. The number of nitrogens with zero attached hydrogens (tertiary/aromatic N) is 3. The molecule has 1 saturated heterocycles. The number of amides is 2. The molecule has 2 aliphatic rings. The molecule has 252 valence electrons. The number of aromatic nitrogens is 1. The number of methoxy groups -OCH3 is 2. The number of carbonyl (C=O) groups excluding carboxylic acids is 2. The largest absolute Gasteiger partial charge is 0.573 e. The van der Waals surface area contributed by atoms with Gasteiger partial charge in [-0.05, 0) is 53.2 Å². The normalized spacial score (nSPS) is 24.2. The second-order valence-electron chi connectivity index (χ2n) is 11.3. The number of benzene rings is 2. The van der Waals surface area contributed by atoms with E-state index in [0.717, 1.165) is 18.2 Å². The molecule has 0 bridgehead atoms. The van der Waals surface area contributed by atoms with Crippen molar-refractivity contribution in [2.45, 2.75) is 42.3 Å². The molecule has 5 rings (SSSR count). The maximum atomic E-state index is 15.4. The van der Waals surface area contributed by atoms with Gasteiger partial charge in [-0.15, -0.1) is 13.2 Å². The van der Waals surface area contributed by atoms with Gasteiger partial charge in [0.2, 0.25) is 5.54 Å². The van der Waals surface area contributed by atoms with Crippen LogP contribution in [0.3, 0.4) is 0 Å². The number of alkyl halides is 3. The number of sulfonamides is 1. The zero-order valence-corrected chi connectivity index (χ0v) is 28.2. The van der Waals surface area contributed by atoms with E-state index < -0.39 is 66.8 Å². The van der Waals surface area contributed by atoms with E-state index in [1.54, 1.807) is 32.2 Å². The van der Waals surface area contributed by atoms with Crippen LogP contribution in [0.5, 0.6) is 17.2 Å². The molecule has 0 aliphatic carbocycles. The van der Waals surface area contributed by atoms with Crippen LogP contribution in [0, 0.1) is 6.92 Å². The van der Waals surface area contributed by atoms with Crippen LogP contribution in [-0.2, 0) is 25.2 Å². The number of anilines is 1. The van der Waals surface area contributed by atoms with Crippen molar-refractivity contribution in [3.05, 3.63) is 69.8 Å². The van der Waals surface area contributed by atoms with Crippen LogP contribution in [0.4, 0.5) is 19.0 Å². The Morgan fingerprint density at radius 1 is 1.13 bits per heavy atom. The molecule has 2 aliphatic heterocycles. The minimum atomic E-state index is -5.31. The molecule has 4 atom stereocenters. The second-order valence-corrected chi connectivity index (χ2v) is 14.0. The average Bonchev–Trinajstić information content (AvgIpc) is 3.46. The molecule has 0 radical (unpaired) electrons. The smallest absolute Gasteiger partial charge is 0.497 e. The number of halogens is 4. The highest BCUT2D eigenvalue weighted by Crippen LogP contribution is 2.57. The lowest BCUT2D eigenvalue weighted by Gasteiger charge is -2.48. The Hall–Kier alpha value is -3.93. The Morgan fingerprint density at radius 3 is 2.45 bits per heavy atom. The van der Waals surface area contributed by atoms with E-state index >= 15 is 4.79 Å². The number of likely N-dealkylation sites (N-methyl/N-ethyl adjacent to an activating group) is 2. The first-order chi connectivity index (χ1) is 22.0. The monoisotopic (exact) mass is 743 g/mol. The molecule has 0 spiro atoms. The van der Waals surface area contributed by atoms with Gasteiger partial charge in [0.15, 0.2) is 17.6 Å². The number of quaternary nitrogens is 1. The van der Waals surface area contributed by atoms with Gasteiger partial charge in [-0.2, -0.15) is 4.31 Å². The molecule has 1 aromatic heterocycles. The number of ether oxygens (including phenoxy) is 3. The number of likely N-dealkylation sites (tertiary alicyclic amines) is 1. The Bertz CT molecular complexity index is 1880. The summed E-state index contributed by atoms with van der Waals surface area (Å²) >= 11 is 3.36. The number of pyridine rings is 1. The zero-order valence-electron chi connectivity index (χ0n) is 25.8. The van der Waals surface area contributed by atoms with Crippen molar-refractivity contribution in [2.24, 2.45) is 0 Å². The van der Waals surface area contributed by atoms with Crippen LogP contribution in [-0.4, -0.2) is 88.2 Å². The fraction of sp³-hybridized carbons (Fsp3) is 0.367. The third-order valence-corrected chi connectivity index (χ3v) is 10.8. The first kappa shape index (κ1) is 34.4. The number of aliphatic hydroxyl groups is 1. The molecule has 2 aromatic carbocycles. The number of nitrogens with one attached hydrogen (secondary N) is 1. The first-order valence-electron chi connectivity index (χ1n) is 14.1. The summed E-state index contributed by atoms with van der Waals surface area (Å²) in [6.07, 6.45) is -5.28. The summed E-state index contributed by atoms with van der Waals surface area (Å²) in [7, 11) is 0.204. The lowest BCUT2D eigenvalue weighted by Crippen LogP contribution is -2.69. The molecule has 3 aromatic rings. The number of aliphatic hydroxyl groups excluding tert-OH is 1. The maximum absolute atomic E-state index is 15.4. The third kappa shape index (κ3) is 5.38. The van der Waals surface area contributed by atoms with E-state index in [2.05, 4.69) is 31.0 Å². The number of fused-ring (bicyclic) bond motifs is 1. The maximum Gasteiger partial charge on any atom is 0.573 e. The van der Waals surface area contributed by atoms with E-state index in [4.69, 9.17) is 9.47 Å². The molecule has 3 heterocycles. The molecular formula is C30H31BrF3N4O8S+. The first-order valence-corrected chi connectivity index (χ1v) is 16.3. The van der Waals surface area contributed by atoms with Crippen molar-refractivity contribution in [1.29, 1.82) is 0 Å². The van der Waals surface area contributed by atoms with Gasteiger partial charge in [0.1, 0.15) is 29.0 Å². The van der Waals surface area contributed by atoms with Crippen molar-refractivity contribution in [3.63, 3.8) is 0 Å². The molecular weight excluding hydrogens is 713 g/mol. The lowest BCUT2D eigenvalue weighted by atomic mass is 9.78. The number of rotatable bonds is 8. The SMILES string of the molecule is CNC(=O)[C@@H]1C[C@@H](O)C[N+]1(C)C1(c2cc(C)ccc2OC)C(=O)N(S(=O)(=O)c2ccc(OC)cc2OC(F)(F)F)c2ncc(Br)cc21. The van der Waals surface area contributed by atoms with Crippen LogP contribution in [0.2, 0.25) is 0 Å². The number of hydrogen-bond donors (Lipinski definition) is 2. The van der Waals surface area contributed by atoms with Gasteiger partial charge in [-0.1, -0.05) is 11.6 Å². The minimum Gasteiger partial charge on any atom is -0.497 e. The summed E-state index contributed by atoms with van der Waals surface area (Å²) in [4.78, 5) is 32.2. The molecule has 47 heavy (non-hydrogen) atoms. The zero-order chi connectivity index (χ0) is 34.7. The van der Waals surface area contributed by atoms with E-state index in [1.807, 2.05) is 0 Å². The number of carbonyl (C=O) groups is 2. The van der Waals surface area contributed by atoms with E-state index in [-0.39, 0.29) is 35.6 Å². The van der Waals surface area contributed by atoms with E-state index in [0.29, 0.717) is 14.3 Å². The lowest BCUT2D eigenvalue weighted by molar-refractivity contribution is -0.953. The molecule has 1 fully saturated rings. The number of aryl methyl sites for hydroxylation is 1. The predicted molar refractivity (Wildman–Crippen MR) is 164 cm³/mol. The highest BCUT2D eigenvalue weighted by atomic mass is 79.9. The predicted octanol–water partition coefficient (Wildman–Crippen LogP) is 3.37. The summed E-state index contributed by atoms with van der Waals surface area (Å²) in [5, 5.41) is 13.6. The highest BCUT2D eigenvalue weighted by Gasteiger charge is 2.72. The molecule has 2 amide bonds. The summed E-state index contributed by atoms with van der Waals surface area (Å²) in [5.41, 5.74) is -1.36. The van der Waals surface area contributed by atoms with Crippen molar-refractivity contribution >= 4 is 43.6 Å². The van der Waals surface area contributed by atoms with Gasteiger partial charge in [0, 0.05) is 30.2 Å². The van der Waals surface area contributed by atoms with Gasteiger partial charge in [0.25, 0.3) is 15.9 Å².